The van der Waals surface area contributed by atoms with E-state index in [1.807, 2.05) is 13.0 Å². The molecule has 3 aromatic rings. The average molecular weight is 307 g/mol. The molecule has 0 aliphatic rings. The van der Waals surface area contributed by atoms with Crippen molar-refractivity contribution in [1.29, 1.82) is 0 Å². The smallest absolute Gasteiger partial charge is 0.272 e. The summed E-state index contributed by atoms with van der Waals surface area (Å²) in [6.07, 6.45) is 5.59. The van der Waals surface area contributed by atoms with Gasteiger partial charge in [0.1, 0.15) is 11.8 Å². The number of fused-ring (bicyclic) bond motifs is 1. The van der Waals surface area contributed by atoms with Gasteiger partial charge in [0.2, 0.25) is 5.43 Å². The Bertz CT molecular complexity index is 946. The quantitative estimate of drug-likeness (QED) is 0.594. The van der Waals surface area contributed by atoms with Gasteiger partial charge in [-0.1, -0.05) is 11.6 Å². The van der Waals surface area contributed by atoms with Crippen LogP contribution in [-0.2, 0) is 0 Å². The van der Waals surface area contributed by atoms with E-state index in [1.165, 1.54) is 18.7 Å². The number of hydrazone groups is 1. The summed E-state index contributed by atoms with van der Waals surface area (Å²) < 4.78 is 5.41. The van der Waals surface area contributed by atoms with Gasteiger partial charge in [-0.25, -0.2) is 5.43 Å². The van der Waals surface area contributed by atoms with Crippen molar-refractivity contribution in [2.45, 2.75) is 6.92 Å². The van der Waals surface area contributed by atoms with Crippen molar-refractivity contribution >= 4 is 23.1 Å². The highest BCUT2D eigenvalue weighted by atomic mass is 16.3. The first-order valence-electron chi connectivity index (χ1n) is 6.91. The number of benzene rings is 1. The summed E-state index contributed by atoms with van der Waals surface area (Å²) >= 11 is 0. The van der Waals surface area contributed by atoms with Gasteiger partial charge in [-0.15, -0.1) is 0 Å². The van der Waals surface area contributed by atoms with Crippen molar-refractivity contribution < 1.29 is 9.21 Å². The second-order valence-corrected chi connectivity index (χ2v) is 4.96. The topological polar surface area (TPSA) is 84.6 Å². The number of pyridine rings is 1. The predicted octanol–water partition coefficient (Wildman–Crippen LogP) is 2.26. The van der Waals surface area contributed by atoms with Crippen LogP contribution < -0.4 is 10.9 Å². The number of amides is 1. The Balaban J connectivity index is 1.83. The number of rotatable bonds is 3. The molecule has 3 rings (SSSR count). The number of nitrogens with one attached hydrogen (secondary N) is 1. The Morgan fingerprint density at radius 2 is 2.22 bits per heavy atom. The minimum absolute atomic E-state index is 0.200. The van der Waals surface area contributed by atoms with E-state index in [1.54, 1.807) is 30.5 Å². The third-order valence-corrected chi connectivity index (χ3v) is 3.25. The molecule has 23 heavy (non-hydrogen) atoms. The first kappa shape index (κ1) is 14.6. The van der Waals surface area contributed by atoms with E-state index in [4.69, 9.17) is 4.42 Å². The van der Waals surface area contributed by atoms with Crippen LogP contribution in [0.3, 0.4) is 0 Å². The lowest BCUT2D eigenvalue weighted by atomic mass is 10.1. The van der Waals surface area contributed by atoms with E-state index < -0.39 is 5.91 Å². The first-order valence-corrected chi connectivity index (χ1v) is 6.91. The molecule has 1 N–H and O–H groups in total. The lowest BCUT2D eigenvalue weighted by Crippen LogP contribution is -2.18. The molecular formula is C17H13N3O3. The van der Waals surface area contributed by atoms with Gasteiger partial charge in [-0.05, 0) is 31.2 Å². The molecule has 0 radical (unpaired) electrons. The van der Waals surface area contributed by atoms with Gasteiger partial charge in [-0.2, -0.15) is 5.10 Å². The molecule has 1 amide bonds. The fourth-order valence-corrected chi connectivity index (χ4v) is 2.07. The summed E-state index contributed by atoms with van der Waals surface area (Å²) in [5.74, 6) is -0.407. The fourth-order valence-electron chi connectivity index (χ4n) is 2.07. The summed E-state index contributed by atoms with van der Waals surface area (Å²) in [7, 11) is 0. The van der Waals surface area contributed by atoms with Gasteiger partial charge >= 0.3 is 0 Å². The van der Waals surface area contributed by atoms with Crippen LogP contribution in [0.25, 0.3) is 11.0 Å². The maximum absolute atomic E-state index is 12.4. The lowest BCUT2D eigenvalue weighted by Gasteiger charge is -2.00. The van der Waals surface area contributed by atoms with Crippen LogP contribution in [0.2, 0.25) is 0 Å². The molecule has 6 heteroatoms. The summed E-state index contributed by atoms with van der Waals surface area (Å²) in [5.41, 5.74) is 4.26. The van der Waals surface area contributed by atoms with Crippen LogP contribution in [0.4, 0.5) is 0 Å². The molecular weight excluding hydrogens is 294 g/mol. The number of nitrogens with zero attached hydrogens (tertiary/aromatic N) is 2. The molecule has 0 aliphatic carbocycles. The molecule has 0 spiro atoms. The zero-order chi connectivity index (χ0) is 16.2. The molecule has 0 aliphatic heterocycles. The second kappa shape index (κ2) is 6.23. The highest BCUT2D eigenvalue weighted by molar-refractivity contribution is 5.94. The van der Waals surface area contributed by atoms with Crippen LogP contribution in [0.15, 0.2) is 63.3 Å². The average Bonchev–Trinajstić information content (AvgIpc) is 2.58. The molecule has 2 aromatic heterocycles. The van der Waals surface area contributed by atoms with Gasteiger partial charge in [0.25, 0.3) is 5.91 Å². The number of aromatic nitrogens is 1. The van der Waals surface area contributed by atoms with Crippen molar-refractivity contribution in [3.8, 4) is 0 Å². The molecule has 6 nitrogen and oxygen atoms in total. The van der Waals surface area contributed by atoms with E-state index in [2.05, 4.69) is 15.5 Å². The zero-order valence-corrected chi connectivity index (χ0v) is 12.3. The number of aryl methyl sites for hydroxylation is 1. The van der Waals surface area contributed by atoms with E-state index >= 15 is 0 Å². The number of hydrogen-bond donors (Lipinski definition) is 1. The zero-order valence-electron chi connectivity index (χ0n) is 12.3. The van der Waals surface area contributed by atoms with Crippen molar-refractivity contribution in [3.63, 3.8) is 0 Å². The molecule has 0 fully saturated rings. The maximum Gasteiger partial charge on any atom is 0.272 e. The van der Waals surface area contributed by atoms with Crippen LogP contribution in [0, 0.1) is 6.92 Å². The third kappa shape index (κ3) is 3.16. The Morgan fingerprint density at radius 1 is 1.35 bits per heavy atom. The summed E-state index contributed by atoms with van der Waals surface area (Å²) in [6, 6.07) is 8.64. The largest absolute Gasteiger partial charge is 0.463 e. The summed E-state index contributed by atoms with van der Waals surface area (Å²) in [6.45, 7) is 1.90. The Hall–Kier alpha value is -3.28. The van der Waals surface area contributed by atoms with E-state index in [-0.39, 0.29) is 11.0 Å². The van der Waals surface area contributed by atoms with Crippen LogP contribution in [0.1, 0.15) is 21.5 Å². The molecule has 0 atom stereocenters. The molecule has 1 aromatic carbocycles. The standard InChI is InChI=1S/C17H13N3O3/c1-11-4-5-15-14(7-11)16(21)13(10-23-15)9-19-20-17(22)12-3-2-6-18-8-12/h2-10H,1H3,(H,20,22)/b19-9+. The first-order chi connectivity index (χ1) is 11.1. The van der Waals surface area contributed by atoms with E-state index in [0.717, 1.165) is 5.56 Å². The minimum atomic E-state index is -0.407. The molecule has 0 unspecified atom stereocenters. The Kier molecular flexibility index (Phi) is 3.97. The van der Waals surface area contributed by atoms with Gasteiger partial charge in [0.15, 0.2) is 0 Å². The van der Waals surface area contributed by atoms with Gasteiger partial charge in [0.05, 0.1) is 22.7 Å². The second-order valence-electron chi connectivity index (χ2n) is 4.96. The lowest BCUT2D eigenvalue weighted by molar-refractivity contribution is 0.0955. The molecule has 0 bridgehead atoms. The highest BCUT2D eigenvalue weighted by Crippen LogP contribution is 2.12. The number of carbonyl (C=O) groups is 1. The van der Waals surface area contributed by atoms with Gasteiger partial charge in [0, 0.05) is 12.4 Å². The molecule has 114 valence electrons. The van der Waals surface area contributed by atoms with Crippen LogP contribution >= 0.6 is 0 Å². The Morgan fingerprint density at radius 3 is 3.00 bits per heavy atom. The normalized spacial score (nSPS) is 11.0. The predicted molar refractivity (Wildman–Crippen MR) is 86.5 cm³/mol. The van der Waals surface area contributed by atoms with Crippen LogP contribution in [-0.4, -0.2) is 17.1 Å². The molecule has 2 heterocycles. The van der Waals surface area contributed by atoms with E-state index in [0.29, 0.717) is 16.5 Å². The SMILES string of the molecule is Cc1ccc2occ(/C=N/NC(=O)c3cccnc3)c(=O)c2c1. The van der Waals surface area contributed by atoms with E-state index in [9.17, 15) is 9.59 Å². The van der Waals surface area contributed by atoms with Crippen molar-refractivity contribution in [3.05, 3.63) is 75.9 Å². The highest BCUT2D eigenvalue weighted by Gasteiger charge is 2.06. The van der Waals surface area contributed by atoms with Gasteiger partial charge in [-0.3, -0.25) is 14.6 Å². The number of carbonyl (C=O) groups excluding carboxylic acids is 1. The fraction of sp³-hybridized carbons (Fsp3) is 0.0588. The minimum Gasteiger partial charge on any atom is -0.463 e. The molecule has 0 saturated heterocycles. The molecule has 0 saturated carbocycles. The third-order valence-electron chi connectivity index (χ3n) is 3.25. The van der Waals surface area contributed by atoms with Crippen molar-refractivity contribution in [2.24, 2.45) is 5.10 Å². The van der Waals surface area contributed by atoms with Gasteiger partial charge < -0.3 is 4.42 Å². The number of hydrogen-bond acceptors (Lipinski definition) is 5. The summed E-state index contributed by atoms with van der Waals surface area (Å²) in [5, 5.41) is 4.27. The Labute approximate surface area is 131 Å². The van der Waals surface area contributed by atoms with Crippen molar-refractivity contribution in [1.82, 2.24) is 10.4 Å². The summed E-state index contributed by atoms with van der Waals surface area (Å²) in [4.78, 5) is 28.0. The van der Waals surface area contributed by atoms with Crippen molar-refractivity contribution in [2.75, 3.05) is 0 Å². The van der Waals surface area contributed by atoms with Crippen LogP contribution in [0.5, 0.6) is 0 Å². The monoisotopic (exact) mass is 307 g/mol. The maximum atomic E-state index is 12.4.